The minimum Gasteiger partial charge on any atom is -0.316 e. The summed E-state index contributed by atoms with van der Waals surface area (Å²) in [6, 6.07) is 3.77. The number of halogens is 2. The summed E-state index contributed by atoms with van der Waals surface area (Å²) >= 11 is 3.25. The van der Waals surface area contributed by atoms with Crippen molar-refractivity contribution in [2.75, 3.05) is 13.1 Å². The lowest BCUT2D eigenvalue weighted by atomic mass is 9.90. The van der Waals surface area contributed by atoms with Crippen molar-refractivity contribution in [2.45, 2.75) is 26.2 Å². The van der Waals surface area contributed by atoms with Gasteiger partial charge in [-0.3, -0.25) is 0 Å². The van der Waals surface area contributed by atoms with Crippen molar-refractivity contribution < 1.29 is 4.39 Å². The van der Waals surface area contributed by atoms with Crippen LogP contribution in [0.5, 0.6) is 0 Å². The third-order valence-electron chi connectivity index (χ3n) is 3.32. The maximum absolute atomic E-state index is 14.0. The average Bonchev–Trinajstić information content (AvgIpc) is 2.31. The summed E-state index contributed by atoms with van der Waals surface area (Å²) in [5.41, 5.74) is 1.94. The predicted octanol–water partition coefficient (Wildman–Crippen LogP) is 3.44. The molecular weight excluding hydrogens is 269 g/mol. The van der Waals surface area contributed by atoms with Gasteiger partial charge in [0, 0.05) is 0 Å². The molecule has 0 amide bonds. The lowest BCUT2D eigenvalue weighted by Gasteiger charge is -2.23. The molecule has 1 aliphatic heterocycles. The van der Waals surface area contributed by atoms with E-state index < -0.39 is 0 Å². The summed E-state index contributed by atoms with van der Waals surface area (Å²) in [6.45, 7) is 4.11. The molecule has 16 heavy (non-hydrogen) atoms. The van der Waals surface area contributed by atoms with Gasteiger partial charge in [-0.1, -0.05) is 6.07 Å². The van der Waals surface area contributed by atoms with Crippen molar-refractivity contribution >= 4 is 15.9 Å². The second kappa shape index (κ2) is 5.28. The van der Waals surface area contributed by atoms with E-state index in [9.17, 15) is 4.39 Å². The monoisotopic (exact) mass is 285 g/mol. The Morgan fingerprint density at radius 1 is 1.50 bits per heavy atom. The Balaban J connectivity index is 2.16. The second-order valence-corrected chi connectivity index (χ2v) is 5.43. The van der Waals surface area contributed by atoms with E-state index in [1.54, 1.807) is 6.07 Å². The van der Waals surface area contributed by atoms with E-state index in [0.29, 0.717) is 10.4 Å². The third kappa shape index (κ3) is 2.64. The Hall–Kier alpha value is -0.410. The largest absolute Gasteiger partial charge is 0.316 e. The molecule has 1 heterocycles. The highest BCUT2D eigenvalue weighted by molar-refractivity contribution is 9.10. The standard InChI is InChI=1S/C13H17BrFN/c1-9-4-5-12(14)13(15)11(9)7-10-3-2-6-16-8-10/h4-5,10,16H,2-3,6-8H2,1H3. The van der Waals surface area contributed by atoms with Crippen molar-refractivity contribution in [1.29, 1.82) is 0 Å². The zero-order valence-electron chi connectivity index (χ0n) is 9.52. The first kappa shape index (κ1) is 12.1. The van der Waals surface area contributed by atoms with Crippen molar-refractivity contribution in [3.8, 4) is 0 Å². The smallest absolute Gasteiger partial charge is 0.140 e. The highest BCUT2D eigenvalue weighted by Gasteiger charge is 2.17. The quantitative estimate of drug-likeness (QED) is 0.878. The molecule has 1 fully saturated rings. The van der Waals surface area contributed by atoms with Crippen molar-refractivity contribution in [1.82, 2.24) is 5.32 Å². The first-order chi connectivity index (χ1) is 7.68. The molecule has 1 saturated heterocycles. The first-order valence-corrected chi connectivity index (χ1v) is 6.62. The number of benzene rings is 1. The molecule has 1 unspecified atom stereocenters. The second-order valence-electron chi connectivity index (χ2n) is 4.57. The molecule has 88 valence electrons. The number of hydrogen-bond donors (Lipinski definition) is 1. The Bertz CT molecular complexity index is 372. The Kier molecular flexibility index (Phi) is 3.98. The maximum atomic E-state index is 14.0. The van der Waals surface area contributed by atoms with Crippen LogP contribution in [0.25, 0.3) is 0 Å². The van der Waals surface area contributed by atoms with Gasteiger partial charge in [0.1, 0.15) is 5.82 Å². The molecule has 0 aromatic heterocycles. The molecule has 0 radical (unpaired) electrons. The van der Waals surface area contributed by atoms with Crippen molar-refractivity contribution in [3.63, 3.8) is 0 Å². The van der Waals surface area contributed by atoms with Crippen molar-refractivity contribution in [2.24, 2.45) is 5.92 Å². The zero-order valence-corrected chi connectivity index (χ0v) is 11.1. The topological polar surface area (TPSA) is 12.0 Å². The molecule has 0 bridgehead atoms. The van der Waals surface area contributed by atoms with E-state index in [4.69, 9.17) is 0 Å². The summed E-state index contributed by atoms with van der Waals surface area (Å²) in [7, 11) is 0. The van der Waals surface area contributed by atoms with E-state index in [0.717, 1.165) is 30.6 Å². The minimum atomic E-state index is -0.0782. The molecule has 1 aromatic rings. The molecular formula is C13H17BrFN. The molecule has 0 aliphatic carbocycles. The SMILES string of the molecule is Cc1ccc(Br)c(F)c1CC1CCCNC1. The molecule has 1 atom stereocenters. The minimum absolute atomic E-state index is 0.0782. The number of rotatable bonds is 2. The van der Waals surface area contributed by atoms with Crippen LogP contribution in [0.15, 0.2) is 16.6 Å². The third-order valence-corrected chi connectivity index (χ3v) is 3.93. The average molecular weight is 286 g/mol. The molecule has 3 heteroatoms. The number of aryl methyl sites for hydroxylation is 1. The normalized spacial score (nSPS) is 21.1. The first-order valence-electron chi connectivity index (χ1n) is 5.82. The fourth-order valence-corrected chi connectivity index (χ4v) is 2.70. The van der Waals surface area contributed by atoms with E-state index in [1.807, 2.05) is 13.0 Å². The molecule has 1 nitrogen and oxygen atoms in total. The van der Waals surface area contributed by atoms with Crippen LogP contribution in [-0.4, -0.2) is 13.1 Å². The lowest BCUT2D eigenvalue weighted by molar-refractivity contribution is 0.371. The van der Waals surface area contributed by atoms with E-state index in [1.165, 1.54) is 12.8 Å². The van der Waals surface area contributed by atoms with Gasteiger partial charge in [-0.15, -0.1) is 0 Å². The van der Waals surface area contributed by atoms with Crippen LogP contribution in [-0.2, 0) is 6.42 Å². The van der Waals surface area contributed by atoms with Crippen LogP contribution in [0, 0.1) is 18.7 Å². The highest BCUT2D eigenvalue weighted by Crippen LogP contribution is 2.26. The zero-order chi connectivity index (χ0) is 11.5. The molecule has 1 N–H and O–H groups in total. The van der Waals surface area contributed by atoms with E-state index in [2.05, 4.69) is 21.2 Å². The molecule has 1 aromatic carbocycles. The Morgan fingerprint density at radius 2 is 2.31 bits per heavy atom. The molecule has 1 aliphatic rings. The lowest BCUT2D eigenvalue weighted by Crippen LogP contribution is -2.31. The number of nitrogens with one attached hydrogen (secondary N) is 1. The summed E-state index contributed by atoms with van der Waals surface area (Å²) in [5.74, 6) is 0.502. The van der Waals surface area contributed by atoms with Crippen LogP contribution in [0.4, 0.5) is 4.39 Å². The van der Waals surface area contributed by atoms with Gasteiger partial charge in [-0.2, -0.15) is 0 Å². The van der Waals surface area contributed by atoms with Gasteiger partial charge in [0.2, 0.25) is 0 Å². The number of hydrogen-bond acceptors (Lipinski definition) is 1. The fourth-order valence-electron chi connectivity index (χ4n) is 2.33. The van der Waals surface area contributed by atoms with Crippen LogP contribution in [0.2, 0.25) is 0 Å². The maximum Gasteiger partial charge on any atom is 0.140 e. The summed E-state index contributed by atoms with van der Waals surface area (Å²) in [4.78, 5) is 0. The summed E-state index contributed by atoms with van der Waals surface area (Å²) in [5, 5.41) is 3.37. The predicted molar refractivity (Wildman–Crippen MR) is 68.1 cm³/mol. The molecule has 0 saturated carbocycles. The van der Waals surface area contributed by atoms with Gasteiger partial charge >= 0.3 is 0 Å². The van der Waals surface area contributed by atoms with Crippen LogP contribution in [0.1, 0.15) is 24.0 Å². The van der Waals surface area contributed by atoms with E-state index in [-0.39, 0.29) is 5.82 Å². The van der Waals surface area contributed by atoms with Crippen LogP contribution < -0.4 is 5.32 Å². The van der Waals surface area contributed by atoms with E-state index >= 15 is 0 Å². The van der Waals surface area contributed by atoms with Gasteiger partial charge in [-0.05, 0) is 78.3 Å². The Labute approximate surface area is 105 Å². The van der Waals surface area contributed by atoms with Gasteiger partial charge < -0.3 is 5.32 Å². The summed E-state index contributed by atoms with van der Waals surface area (Å²) in [6.07, 6.45) is 3.27. The van der Waals surface area contributed by atoms with Gasteiger partial charge in [-0.25, -0.2) is 4.39 Å². The molecule has 2 rings (SSSR count). The highest BCUT2D eigenvalue weighted by atomic mass is 79.9. The fraction of sp³-hybridized carbons (Fsp3) is 0.538. The van der Waals surface area contributed by atoms with Crippen LogP contribution in [0.3, 0.4) is 0 Å². The Morgan fingerprint density at radius 3 is 3.00 bits per heavy atom. The number of piperidine rings is 1. The molecule has 0 spiro atoms. The summed E-state index contributed by atoms with van der Waals surface area (Å²) < 4.78 is 14.5. The van der Waals surface area contributed by atoms with Gasteiger partial charge in [0.05, 0.1) is 4.47 Å². The van der Waals surface area contributed by atoms with Gasteiger partial charge in [0.15, 0.2) is 0 Å². The van der Waals surface area contributed by atoms with Crippen molar-refractivity contribution in [3.05, 3.63) is 33.5 Å². The van der Waals surface area contributed by atoms with Crippen LogP contribution >= 0.6 is 15.9 Å². The van der Waals surface area contributed by atoms with Gasteiger partial charge in [0.25, 0.3) is 0 Å².